The molecule has 1 fully saturated rings. The van der Waals surface area contributed by atoms with Crippen molar-refractivity contribution in [3.63, 3.8) is 0 Å². The molecule has 0 aromatic heterocycles. The highest BCUT2D eigenvalue weighted by molar-refractivity contribution is 9.10. The molecule has 4 N–H and O–H groups in total. The maximum Gasteiger partial charge on any atom is 0.256 e. The first-order valence-corrected chi connectivity index (χ1v) is 7.61. The van der Waals surface area contributed by atoms with E-state index in [1.54, 1.807) is 17.0 Å². The van der Waals surface area contributed by atoms with E-state index in [9.17, 15) is 9.59 Å². The van der Waals surface area contributed by atoms with Crippen molar-refractivity contribution in [1.82, 2.24) is 9.80 Å². The maximum atomic E-state index is 12.6. The summed E-state index contributed by atoms with van der Waals surface area (Å²) in [5.74, 6) is -0.416. The molecule has 2 rings (SSSR count). The van der Waals surface area contributed by atoms with E-state index in [-0.39, 0.29) is 18.4 Å². The van der Waals surface area contributed by atoms with Crippen LogP contribution in [0.3, 0.4) is 0 Å². The molecule has 0 radical (unpaired) electrons. The van der Waals surface area contributed by atoms with Crippen LogP contribution >= 0.6 is 15.9 Å². The molecule has 1 aliphatic rings. The lowest BCUT2D eigenvalue weighted by atomic mass is 10.1. The maximum absolute atomic E-state index is 12.6. The lowest BCUT2D eigenvalue weighted by molar-refractivity contribution is -0.119. The molecule has 2 amide bonds. The van der Waals surface area contributed by atoms with Crippen molar-refractivity contribution in [2.75, 3.05) is 38.5 Å². The number of benzene rings is 1. The Kier molecular flexibility index (Phi) is 5.19. The Bertz CT molecular complexity index is 550. The quantitative estimate of drug-likeness (QED) is 0.780. The molecular formula is C14H19BrN4O2. The number of hydrogen-bond donors (Lipinski definition) is 2. The summed E-state index contributed by atoms with van der Waals surface area (Å²) in [6.07, 6.45) is 0.812. The SMILES string of the molecule is NC(=O)CN1CCCN(C(=O)c2cc(Br)ccc2N)CC1. The summed E-state index contributed by atoms with van der Waals surface area (Å²) in [7, 11) is 0. The molecule has 1 aromatic rings. The Morgan fingerprint density at radius 3 is 2.67 bits per heavy atom. The molecule has 7 heteroatoms. The van der Waals surface area contributed by atoms with Crippen LogP contribution in [0.4, 0.5) is 5.69 Å². The number of anilines is 1. The van der Waals surface area contributed by atoms with Crippen molar-refractivity contribution >= 4 is 33.4 Å². The number of hydrogen-bond acceptors (Lipinski definition) is 4. The lowest BCUT2D eigenvalue weighted by Crippen LogP contribution is -2.38. The van der Waals surface area contributed by atoms with E-state index >= 15 is 0 Å². The predicted molar refractivity (Wildman–Crippen MR) is 84.7 cm³/mol. The summed E-state index contributed by atoms with van der Waals surface area (Å²) in [6.45, 7) is 2.86. The van der Waals surface area contributed by atoms with Crippen LogP contribution in [-0.4, -0.2) is 54.3 Å². The van der Waals surface area contributed by atoms with E-state index in [2.05, 4.69) is 15.9 Å². The molecule has 0 atom stereocenters. The van der Waals surface area contributed by atoms with Gasteiger partial charge in [0.05, 0.1) is 12.1 Å². The Labute approximate surface area is 132 Å². The number of amides is 2. The van der Waals surface area contributed by atoms with Crippen LogP contribution in [0.5, 0.6) is 0 Å². The molecule has 0 bridgehead atoms. The van der Waals surface area contributed by atoms with Gasteiger partial charge in [-0.1, -0.05) is 15.9 Å². The number of halogens is 1. The van der Waals surface area contributed by atoms with Crippen molar-refractivity contribution in [3.05, 3.63) is 28.2 Å². The average molecular weight is 355 g/mol. The number of primary amides is 1. The third kappa shape index (κ3) is 4.18. The number of nitrogens with zero attached hydrogens (tertiary/aromatic N) is 2. The van der Waals surface area contributed by atoms with Crippen LogP contribution in [0.2, 0.25) is 0 Å². The Balaban J connectivity index is 2.06. The first kappa shape index (κ1) is 15.8. The highest BCUT2D eigenvalue weighted by Gasteiger charge is 2.22. The topological polar surface area (TPSA) is 92.7 Å². The fraction of sp³-hybridized carbons (Fsp3) is 0.429. The molecule has 1 aliphatic heterocycles. The fourth-order valence-electron chi connectivity index (χ4n) is 2.44. The second-order valence-electron chi connectivity index (χ2n) is 5.12. The largest absolute Gasteiger partial charge is 0.398 e. The van der Waals surface area contributed by atoms with E-state index < -0.39 is 0 Å². The number of carbonyl (C=O) groups is 2. The van der Waals surface area contributed by atoms with Gasteiger partial charge in [0, 0.05) is 36.3 Å². The standard InChI is InChI=1S/C14H19BrN4O2/c15-10-2-3-12(16)11(8-10)14(21)19-5-1-4-18(6-7-19)9-13(17)20/h2-3,8H,1,4-7,9,16H2,(H2,17,20). The van der Waals surface area contributed by atoms with Gasteiger partial charge in [0.15, 0.2) is 0 Å². The van der Waals surface area contributed by atoms with Gasteiger partial charge in [-0.3, -0.25) is 14.5 Å². The smallest absolute Gasteiger partial charge is 0.256 e. The van der Waals surface area contributed by atoms with Crippen molar-refractivity contribution < 1.29 is 9.59 Å². The summed E-state index contributed by atoms with van der Waals surface area (Å²) < 4.78 is 0.824. The van der Waals surface area contributed by atoms with Crippen LogP contribution in [-0.2, 0) is 4.79 Å². The third-order valence-corrected chi connectivity index (χ3v) is 3.99. The van der Waals surface area contributed by atoms with Gasteiger partial charge in [-0.2, -0.15) is 0 Å². The molecule has 0 unspecified atom stereocenters. The van der Waals surface area contributed by atoms with Crippen LogP contribution < -0.4 is 11.5 Å². The van der Waals surface area contributed by atoms with Crippen LogP contribution in [0.15, 0.2) is 22.7 Å². The first-order valence-electron chi connectivity index (χ1n) is 6.82. The van der Waals surface area contributed by atoms with Crippen molar-refractivity contribution in [3.8, 4) is 0 Å². The molecule has 0 aliphatic carbocycles. The first-order chi connectivity index (χ1) is 9.97. The Morgan fingerprint density at radius 2 is 1.95 bits per heavy atom. The number of carbonyl (C=O) groups excluding carboxylic acids is 2. The van der Waals surface area contributed by atoms with Crippen LogP contribution in [0.1, 0.15) is 16.8 Å². The van der Waals surface area contributed by atoms with Crippen LogP contribution in [0, 0.1) is 0 Å². The van der Waals surface area contributed by atoms with Crippen molar-refractivity contribution in [2.24, 2.45) is 5.73 Å². The van der Waals surface area contributed by atoms with Gasteiger partial charge in [0.1, 0.15) is 0 Å². The Hall–Kier alpha value is -1.60. The summed E-state index contributed by atoms with van der Waals surface area (Å²) in [5.41, 5.74) is 12.1. The van der Waals surface area contributed by atoms with Gasteiger partial charge in [-0.25, -0.2) is 0 Å². The highest BCUT2D eigenvalue weighted by atomic mass is 79.9. The molecule has 0 spiro atoms. The zero-order valence-electron chi connectivity index (χ0n) is 11.7. The van der Waals surface area contributed by atoms with Gasteiger partial charge >= 0.3 is 0 Å². The average Bonchev–Trinajstić information content (AvgIpc) is 2.66. The van der Waals surface area contributed by atoms with Crippen LogP contribution in [0.25, 0.3) is 0 Å². The van der Waals surface area contributed by atoms with Gasteiger partial charge < -0.3 is 16.4 Å². The minimum Gasteiger partial charge on any atom is -0.398 e. The summed E-state index contributed by atoms with van der Waals surface area (Å²) in [5, 5.41) is 0. The highest BCUT2D eigenvalue weighted by Crippen LogP contribution is 2.20. The van der Waals surface area contributed by atoms with Gasteiger partial charge in [-0.05, 0) is 24.6 Å². The van der Waals surface area contributed by atoms with Gasteiger partial charge in [0.25, 0.3) is 5.91 Å². The number of nitrogen functional groups attached to an aromatic ring is 1. The molecule has 114 valence electrons. The van der Waals surface area contributed by atoms with E-state index in [4.69, 9.17) is 11.5 Å². The van der Waals surface area contributed by atoms with Gasteiger partial charge in [0.2, 0.25) is 5.91 Å². The summed E-state index contributed by atoms with van der Waals surface area (Å²) in [6, 6.07) is 5.27. The predicted octanol–water partition coefficient (Wildman–Crippen LogP) is 0.665. The number of nitrogens with two attached hydrogens (primary N) is 2. The van der Waals surface area contributed by atoms with E-state index in [1.807, 2.05) is 11.0 Å². The fourth-order valence-corrected chi connectivity index (χ4v) is 2.80. The summed E-state index contributed by atoms with van der Waals surface area (Å²) >= 11 is 3.35. The monoisotopic (exact) mass is 354 g/mol. The van der Waals surface area contributed by atoms with Gasteiger partial charge in [-0.15, -0.1) is 0 Å². The van der Waals surface area contributed by atoms with E-state index in [1.165, 1.54) is 0 Å². The third-order valence-electron chi connectivity index (χ3n) is 3.50. The summed E-state index contributed by atoms with van der Waals surface area (Å²) in [4.78, 5) is 27.3. The second-order valence-corrected chi connectivity index (χ2v) is 6.04. The van der Waals surface area contributed by atoms with E-state index in [0.717, 1.165) is 17.4 Å². The molecular weight excluding hydrogens is 336 g/mol. The number of rotatable bonds is 3. The molecule has 0 saturated carbocycles. The normalized spacial score (nSPS) is 16.5. The van der Waals surface area contributed by atoms with E-state index in [0.29, 0.717) is 30.9 Å². The molecule has 1 saturated heterocycles. The molecule has 1 heterocycles. The molecule has 21 heavy (non-hydrogen) atoms. The zero-order valence-corrected chi connectivity index (χ0v) is 13.3. The molecule has 6 nitrogen and oxygen atoms in total. The molecule has 1 aromatic carbocycles. The Morgan fingerprint density at radius 1 is 1.19 bits per heavy atom. The minimum atomic E-state index is -0.342. The second kappa shape index (κ2) is 6.91. The van der Waals surface area contributed by atoms with Crippen molar-refractivity contribution in [2.45, 2.75) is 6.42 Å². The zero-order chi connectivity index (χ0) is 15.4. The minimum absolute atomic E-state index is 0.0743. The lowest BCUT2D eigenvalue weighted by Gasteiger charge is -2.22. The van der Waals surface area contributed by atoms with Crippen molar-refractivity contribution in [1.29, 1.82) is 0 Å².